The summed E-state index contributed by atoms with van der Waals surface area (Å²) in [4.78, 5) is 14.1. The highest BCUT2D eigenvalue weighted by molar-refractivity contribution is 6.08. The van der Waals surface area contributed by atoms with Gasteiger partial charge in [0.1, 0.15) is 0 Å². The predicted octanol–water partition coefficient (Wildman–Crippen LogP) is 3.07. The monoisotopic (exact) mass is 271 g/mol. The lowest BCUT2D eigenvalue weighted by molar-refractivity contribution is 0.0985. The summed E-state index contributed by atoms with van der Waals surface area (Å²) >= 11 is 0. The molecular weight excluding hydrogens is 254 g/mol. The second-order valence-electron chi connectivity index (χ2n) is 4.51. The first-order chi connectivity index (χ1) is 9.56. The number of anilines is 1. The van der Waals surface area contributed by atoms with E-state index in [1.165, 1.54) is 18.2 Å². The number of carbonyl (C=O) groups is 1. The van der Waals surface area contributed by atoms with E-state index < -0.39 is 0 Å². The standard InChI is InChI=1S/C16H17NO3/c1-3-17(13-9-5-4-7-11(13)2)16(20)12-8-6-10-14(18)15(12)19/h4-10,18-19H,3H2,1-2H3. The highest BCUT2D eigenvalue weighted by atomic mass is 16.3. The van der Waals surface area contributed by atoms with Crippen molar-refractivity contribution in [2.45, 2.75) is 13.8 Å². The minimum absolute atomic E-state index is 0.0927. The second-order valence-corrected chi connectivity index (χ2v) is 4.51. The zero-order valence-corrected chi connectivity index (χ0v) is 11.5. The van der Waals surface area contributed by atoms with Crippen molar-refractivity contribution in [1.29, 1.82) is 0 Å². The van der Waals surface area contributed by atoms with Crippen molar-refractivity contribution in [3.63, 3.8) is 0 Å². The van der Waals surface area contributed by atoms with Gasteiger partial charge in [0.25, 0.3) is 5.91 Å². The van der Waals surface area contributed by atoms with E-state index in [1.54, 1.807) is 4.90 Å². The van der Waals surface area contributed by atoms with Gasteiger partial charge < -0.3 is 15.1 Å². The number of rotatable bonds is 3. The van der Waals surface area contributed by atoms with E-state index in [0.29, 0.717) is 6.54 Å². The maximum atomic E-state index is 12.6. The van der Waals surface area contributed by atoms with Crippen LogP contribution in [0.1, 0.15) is 22.8 Å². The van der Waals surface area contributed by atoms with Gasteiger partial charge in [-0.3, -0.25) is 4.79 Å². The number of carbonyl (C=O) groups excluding carboxylic acids is 1. The van der Waals surface area contributed by atoms with Crippen LogP contribution in [0.15, 0.2) is 42.5 Å². The minimum atomic E-state index is -0.385. The van der Waals surface area contributed by atoms with Gasteiger partial charge in [0.15, 0.2) is 11.5 Å². The van der Waals surface area contributed by atoms with Crippen LogP contribution in [0, 0.1) is 6.92 Å². The average Bonchev–Trinajstić information content (AvgIpc) is 2.44. The SMILES string of the molecule is CCN(C(=O)c1cccc(O)c1O)c1ccccc1C. The smallest absolute Gasteiger partial charge is 0.262 e. The normalized spacial score (nSPS) is 10.3. The molecule has 104 valence electrons. The molecule has 0 aliphatic heterocycles. The molecule has 2 N–H and O–H groups in total. The number of aryl methyl sites for hydroxylation is 1. The van der Waals surface area contributed by atoms with Crippen molar-refractivity contribution in [3.05, 3.63) is 53.6 Å². The highest BCUT2D eigenvalue weighted by Crippen LogP contribution is 2.31. The third kappa shape index (κ3) is 2.45. The number of hydrogen-bond acceptors (Lipinski definition) is 3. The molecule has 0 aromatic heterocycles. The van der Waals surface area contributed by atoms with Crippen LogP contribution in [-0.2, 0) is 0 Å². The molecule has 0 heterocycles. The lowest BCUT2D eigenvalue weighted by Gasteiger charge is -2.23. The summed E-state index contributed by atoms with van der Waals surface area (Å²) in [7, 11) is 0. The number of nitrogens with zero attached hydrogens (tertiary/aromatic N) is 1. The van der Waals surface area contributed by atoms with Gasteiger partial charge in [-0.15, -0.1) is 0 Å². The molecule has 2 rings (SSSR count). The Labute approximate surface area is 117 Å². The van der Waals surface area contributed by atoms with E-state index in [9.17, 15) is 15.0 Å². The summed E-state index contributed by atoms with van der Waals surface area (Å²) in [6.45, 7) is 4.26. The van der Waals surface area contributed by atoms with Crippen LogP contribution in [0.2, 0.25) is 0 Å². The van der Waals surface area contributed by atoms with Crippen LogP contribution in [0.5, 0.6) is 11.5 Å². The Morgan fingerprint density at radius 3 is 2.45 bits per heavy atom. The van der Waals surface area contributed by atoms with Crippen molar-refractivity contribution in [3.8, 4) is 11.5 Å². The number of phenols is 2. The van der Waals surface area contributed by atoms with Crippen LogP contribution >= 0.6 is 0 Å². The molecule has 0 atom stereocenters. The Hall–Kier alpha value is -2.49. The molecule has 2 aromatic carbocycles. The van der Waals surface area contributed by atoms with E-state index >= 15 is 0 Å². The first kappa shape index (κ1) is 13.9. The third-order valence-electron chi connectivity index (χ3n) is 3.21. The molecule has 0 fully saturated rings. The van der Waals surface area contributed by atoms with Gasteiger partial charge in [-0.1, -0.05) is 24.3 Å². The van der Waals surface area contributed by atoms with Crippen LogP contribution < -0.4 is 4.90 Å². The van der Waals surface area contributed by atoms with Gasteiger partial charge in [0, 0.05) is 12.2 Å². The van der Waals surface area contributed by atoms with E-state index in [-0.39, 0.29) is 23.0 Å². The molecule has 0 spiro atoms. The predicted molar refractivity (Wildman–Crippen MR) is 78.3 cm³/mol. The average molecular weight is 271 g/mol. The summed E-state index contributed by atoms with van der Waals surface area (Å²) in [5.74, 6) is -1.02. The highest BCUT2D eigenvalue weighted by Gasteiger charge is 2.21. The summed E-state index contributed by atoms with van der Waals surface area (Å²) < 4.78 is 0. The minimum Gasteiger partial charge on any atom is -0.504 e. The molecule has 0 bridgehead atoms. The van der Waals surface area contributed by atoms with E-state index in [1.807, 2.05) is 38.1 Å². The molecule has 1 amide bonds. The number of para-hydroxylation sites is 2. The Morgan fingerprint density at radius 1 is 1.10 bits per heavy atom. The molecule has 2 aromatic rings. The largest absolute Gasteiger partial charge is 0.504 e. The molecule has 0 aliphatic rings. The molecule has 0 unspecified atom stereocenters. The molecule has 20 heavy (non-hydrogen) atoms. The lowest BCUT2D eigenvalue weighted by atomic mass is 10.1. The summed E-state index contributed by atoms with van der Waals surface area (Å²) in [6, 6.07) is 11.9. The van der Waals surface area contributed by atoms with E-state index in [4.69, 9.17) is 0 Å². The van der Waals surface area contributed by atoms with Gasteiger partial charge in [-0.25, -0.2) is 0 Å². The van der Waals surface area contributed by atoms with Crippen LogP contribution in [0.4, 0.5) is 5.69 Å². The van der Waals surface area contributed by atoms with Crippen molar-refractivity contribution < 1.29 is 15.0 Å². The molecular formula is C16H17NO3. The maximum Gasteiger partial charge on any atom is 0.262 e. The summed E-state index contributed by atoms with van der Waals surface area (Å²) in [5, 5.41) is 19.3. The molecule has 0 saturated heterocycles. The fourth-order valence-corrected chi connectivity index (χ4v) is 2.14. The van der Waals surface area contributed by atoms with Crippen molar-refractivity contribution in [2.24, 2.45) is 0 Å². The number of aromatic hydroxyl groups is 2. The fraction of sp³-hybridized carbons (Fsp3) is 0.188. The maximum absolute atomic E-state index is 12.6. The zero-order chi connectivity index (χ0) is 14.7. The molecule has 4 heteroatoms. The Balaban J connectivity index is 2.45. The Morgan fingerprint density at radius 2 is 1.80 bits per heavy atom. The van der Waals surface area contributed by atoms with Gasteiger partial charge in [-0.2, -0.15) is 0 Å². The summed E-state index contributed by atoms with van der Waals surface area (Å²) in [6.07, 6.45) is 0. The second kappa shape index (κ2) is 5.65. The van der Waals surface area contributed by atoms with E-state index in [2.05, 4.69) is 0 Å². The zero-order valence-electron chi connectivity index (χ0n) is 11.5. The van der Waals surface area contributed by atoms with Crippen molar-refractivity contribution in [2.75, 3.05) is 11.4 Å². The van der Waals surface area contributed by atoms with Gasteiger partial charge in [-0.05, 0) is 37.6 Å². The number of benzene rings is 2. The van der Waals surface area contributed by atoms with Crippen LogP contribution in [-0.4, -0.2) is 22.7 Å². The molecule has 0 aliphatic carbocycles. The van der Waals surface area contributed by atoms with Gasteiger partial charge in [0.2, 0.25) is 0 Å². The quantitative estimate of drug-likeness (QED) is 0.843. The summed E-state index contributed by atoms with van der Waals surface area (Å²) in [5.41, 5.74) is 1.86. The van der Waals surface area contributed by atoms with Crippen LogP contribution in [0.25, 0.3) is 0 Å². The fourth-order valence-electron chi connectivity index (χ4n) is 2.14. The third-order valence-corrected chi connectivity index (χ3v) is 3.21. The van der Waals surface area contributed by atoms with Gasteiger partial charge >= 0.3 is 0 Å². The lowest BCUT2D eigenvalue weighted by Crippen LogP contribution is -2.31. The molecule has 0 saturated carbocycles. The number of phenolic OH excluding ortho intramolecular Hbond substituents is 2. The Kier molecular flexibility index (Phi) is 3.94. The first-order valence-electron chi connectivity index (χ1n) is 6.44. The van der Waals surface area contributed by atoms with Crippen LogP contribution in [0.3, 0.4) is 0 Å². The number of amides is 1. The van der Waals surface area contributed by atoms with E-state index in [0.717, 1.165) is 11.3 Å². The topological polar surface area (TPSA) is 60.8 Å². The first-order valence-corrected chi connectivity index (χ1v) is 6.44. The van der Waals surface area contributed by atoms with Crippen molar-refractivity contribution in [1.82, 2.24) is 0 Å². The number of hydrogen-bond donors (Lipinski definition) is 2. The molecule has 0 radical (unpaired) electrons. The Bertz CT molecular complexity index is 637. The van der Waals surface area contributed by atoms with Gasteiger partial charge in [0.05, 0.1) is 5.56 Å². The molecule has 4 nitrogen and oxygen atoms in total. The van der Waals surface area contributed by atoms with Crippen molar-refractivity contribution >= 4 is 11.6 Å².